The van der Waals surface area contributed by atoms with Crippen molar-refractivity contribution >= 4 is 32.9 Å². The Hall–Kier alpha value is -1.42. The van der Waals surface area contributed by atoms with Gasteiger partial charge in [0.25, 0.3) is 0 Å². The highest BCUT2D eigenvalue weighted by Crippen LogP contribution is 2.34. The van der Waals surface area contributed by atoms with Crippen LogP contribution in [0.1, 0.15) is 16.6 Å². The molecule has 14 heavy (non-hydrogen) atoms. The number of fused-ring (bicyclic) bond motifs is 1. The van der Waals surface area contributed by atoms with Crippen molar-refractivity contribution in [1.29, 1.82) is 0 Å². The summed E-state index contributed by atoms with van der Waals surface area (Å²) < 4.78 is 13.6. The Morgan fingerprint density at radius 1 is 1.50 bits per heavy atom. The Morgan fingerprint density at radius 3 is 2.86 bits per heavy atom. The van der Waals surface area contributed by atoms with Gasteiger partial charge in [0, 0.05) is 17.0 Å². The SMILES string of the molecule is CC(=O)c1sc2cc(F)ccc2c1N. The molecular formula is C10H8FNOS. The quantitative estimate of drug-likeness (QED) is 0.734. The molecule has 0 aliphatic rings. The second kappa shape index (κ2) is 3.06. The molecule has 0 atom stereocenters. The second-order valence-electron chi connectivity index (χ2n) is 3.04. The molecule has 2 N–H and O–H groups in total. The minimum atomic E-state index is -0.311. The zero-order valence-corrected chi connectivity index (χ0v) is 8.32. The molecule has 0 aliphatic heterocycles. The zero-order valence-electron chi connectivity index (χ0n) is 7.50. The molecule has 0 spiro atoms. The first-order valence-corrected chi connectivity index (χ1v) is 4.89. The maximum absolute atomic E-state index is 12.9. The minimum Gasteiger partial charge on any atom is -0.397 e. The number of thiophene rings is 1. The summed E-state index contributed by atoms with van der Waals surface area (Å²) in [5.74, 6) is -0.391. The molecule has 1 aromatic carbocycles. The van der Waals surface area contributed by atoms with Crippen molar-refractivity contribution in [2.45, 2.75) is 6.92 Å². The van der Waals surface area contributed by atoms with Crippen LogP contribution in [0.3, 0.4) is 0 Å². The van der Waals surface area contributed by atoms with Gasteiger partial charge >= 0.3 is 0 Å². The first kappa shape index (κ1) is 9.15. The van der Waals surface area contributed by atoms with E-state index in [1.807, 2.05) is 0 Å². The van der Waals surface area contributed by atoms with Crippen molar-refractivity contribution in [2.75, 3.05) is 5.73 Å². The molecule has 2 aromatic rings. The number of ketones is 1. The van der Waals surface area contributed by atoms with Gasteiger partial charge in [0.15, 0.2) is 5.78 Å². The topological polar surface area (TPSA) is 43.1 Å². The van der Waals surface area contributed by atoms with E-state index in [2.05, 4.69) is 0 Å². The van der Waals surface area contributed by atoms with Crippen molar-refractivity contribution in [3.05, 3.63) is 28.9 Å². The molecule has 0 fully saturated rings. The molecule has 2 nitrogen and oxygen atoms in total. The van der Waals surface area contributed by atoms with Crippen LogP contribution >= 0.6 is 11.3 Å². The smallest absolute Gasteiger partial charge is 0.171 e. The summed E-state index contributed by atoms with van der Waals surface area (Å²) in [6.07, 6.45) is 0. The molecule has 0 aliphatic carbocycles. The van der Waals surface area contributed by atoms with Crippen LogP contribution in [0.4, 0.5) is 10.1 Å². The molecule has 0 unspecified atom stereocenters. The molecule has 1 aromatic heterocycles. The normalized spacial score (nSPS) is 10.7. The number of hydrogen-bond donors (Lipinski definition) is 1. The van der Waals surface area contributed by atoms with Gasteiger partial charge in [-0.25, -0.2) is 4.39 Å². The molecule has 0 saturated heterocycles. The van der Waals surface area contributed by atoms with E-state index in [1.54, 1.807) is 6.07 Å². The largest absolute Gasteiger partial charge is 0.397 e. The van der Waals surface area contributed by atoms with Crippen LogP contribution in [0, 0.1) is 5.82 Å². The lowest BCUT2D eigenvalue weighted by Gasteiger charge is -1.92. The first-order chi connectivity index (χ1) is 6.59. The van der Waals surface area contributed by atoms with Crippen molar-refractivity contribution in [3.8, 4) is 0 Å². The van der Waals surface area contributed by atoms with Gasteiger partial charge in [0.2, 0.25) is 0 Å². The number of hydrogen-bond acceptors (Lipinski definition) is 3. The number of rotatable bonds is 1. The van der Waals surface area contributed by atoms with Gasteiger partial charge in [-0.05, 0) is 18.2 Å². The van der Waals surface area contributed by atoms with E-state index in [1.165, 1.54) is 30.4 Å². The van der Waals surface area contributed by atoms with E-state index in [-0.39, 0.29) is 11.6 Å². The predicted octanol–water partition coefficient (Wildman–Crippen LogP) is 2.83. The fourth-order valence-corrected chi connectivity index (χ4v) is 2.39. The average Bonchev–Trinajstić information content (AvgIpc) is 2.43. The molecule has 0 amide bonds. The molecular weight excluding hydrogens is 201 g/mol. The molecule has 4 heteroatoms. The van der Waals surface area contributed by atoms with E-state index in [9.17, 15) is 9.18 Å². The summed E-state index contributed by atoms with van der Waals surface area (Å²) in [5, 5.41) is 0.751. The highest BCUT2D eigenvalue weighted by molar-refractivity contribution is 7.21. The number of nitrogen functional groups attached to an aromatic ring is 1. The fraction of sp³-hybridized carbons (Fsp3) is 0.100. The summed E-state index contributed by atoms with van der Waals surface area (Å²) in [6, 6.07) is 4.33. The molecule has 0 saturated carbocycles. The van der Waals surface area contributed by atoms with Gasteiger partial charge in [0.05, 0.1) is 10.6 Å². The fourth-order valence-electron chi connectivity index (χ4n) is 1.35. The molecule has 1 heterocycles. The lowest BCUT2D eigenvalue weighted by molar-refractivity contribution is 0.102. The van der Waals surface area contributed by atoms with Gasteiger partial charge in [-0.1, -0.05) is 0 Å². The number of anilines is 1. The summed E-state index contributed by atoms with van der Waals surface area (Å²) in [5.41, 5.74) is 6.21. The van der Waals surface area contributed by atoms with Crippen LogP contribution in [-0.2, 0) is 0 Å². The Bertz CT molecular complexity index is 518. The van der Waals surface area contributed by atoms with Gasteiger partial charge in [0.1, 0.15) is 5.82 Å². The van der Waals surface area contributed by atoms with Crippen LogP contribution in [-0.4, -0.2) is 5.78 Å². The summed E-state index contributed by atoms with van der Waals surface area (Å²) >= 11 is 1.23. The average molecular weight is 209 g/mol. The maximum Gasteiger partial charge on any atom is 0.171 e. The Morgan fingerprint density at radius 2 is 2.21 bits per heavy atom. The standard InChI is InChI=1S/C10H8FNOS/c1-5(13)10-9(12)7-3-2-6(11)4-8(7)14-10/h2-4H,12H2,1H3. The summed E-state index contributed by atoms with van der Waals surface area (Å²) in [4.78, 5) is 11.7. The number of Topliss-reactive ketones (excluding diaryl/α,β-unsaturated/α-hetero) is 1. The minimum absolute atomic E-state index is 0.0795. The molecule has 0 bridgehead atoms. The van der Waals surface area contributed by atoms with Gasteiger partial charge < -0.3 is 5.73 Å². The van der Waals surface area contributed by atoms with Crippen LogP contribution < -0.4 is 5.73 Å². The summed E-state index contributed by atoms with van der Waals surface area (Å²) in [7, 11) is 0. The van der Waals surface area contributed by atoms with Crippen LogP contribution in [0.2, 0.25) is 0 Å². The van der Waals surface area contributed by atoms with Gasteiger partial charge in [-0.3, -0.25) is 4.79 Å². The third-order valence-corrected chi connectivity index (χ3v) is 3.28. The third kappa shape index (κ3) is 1.28. The number of nitrogens with two attached hydrogens (primary N) is 1. The lowest BCUT2D eigenvalue weighted by Crippen LogP contribution is -1.93. The van der Waals surface area contributed by atoms with Crippen molar-refractivity contribution in [3.63, 3.8) is 0 Å². The second-order valence-corrected chi connectivity index (χ2v) is 4.09. The first-order valence-electron chi connectivity index (χ1n) is 4.08. The van der Waals surface area contributed by atoms with Gasteiger partial charge in [-0.2, -0.15) is 0 Å². The van der Waals surface area contributed by atoms with E-state index in [0.29, 0.717) is 15.3 Å². The maximum atomic E-state index is 12.9. The number of halogens is 1. The zero-order chi connectivity index (χ0) is 10.3. The molecule has 0 radical (unpaired) electrons. The van der Waals surface area contributed by atoms with Crippen LogP contribution in [0.15, 0.2) is 18.2 Å². The number of carbonyl (C=O) groups is 1. The Balaban J connectivity index is 2.79. The third-order valence-electron chi connectivity index (χ3n) is 2.01. The Labute approximate surface area is 84.2 Å². The highest BCUT2D eigenvalue weighted by Gasteiger charge is 2.12. The van der Waals surface area contributed by atoms with E-state index >= 15 is 0 Å². The van der Waals surface area contributed by atoms with Crippen molar-refractivity contribution in [1.82, 2.24) is 0 Å². The Kier molecular flexibility index (Phi) is 2.00. The van der Waals surface area contributed by atoms with E-state index < -0.39 is 0 Å². The summed E-state index contributed by atoms with van der Waals surface area (Å²) in [6.45, 7) is 1.46. The lowest BCUT2D eigenvalue weighted by atomic mass is 10.2. The van der Waals surface area contributed by atoms with E-state index in [0.717, 1.165) is 5.39 Å². The van der Waals surface area contributed by atoms with E-state index in [4.69, 9.17) is 5.73 Å². The van der Waals surface area contributed by atoms with Gasteiger partial charge in [-0.15, -0.1) is 11.3 Å². The highest BCUT2D eigenvalue weighted by atomic mass is 32.1. The van der Waals surface area contributed by atoms with Crippen LogP contribution in [0.25, 0.3) is 10.1 Å². The monoisotopic (exact) mass is 209 g/mol. The number of carbonyl (C=O) groups excluding carboxylic acids is 1. The van der Waals surface area contributed by atoms with Crippen LogP contribution in [0.5, 0.6) is 0 Å². The van der Waals surface area contributed by atoms with Crippen molar-refractivity contribution < 1.29 is 9.18 Å². The molecule has 72 valence electrons. The van der Waals surface area contributed by atoms with Crippen molar-refractivity contribution in [2.24, 2.45) is 0 Å². The number of benzene rings is 1. The molecule has 2 rings (SSSR count). The predicted molar refractivity (Wildman–Crippen MR) is 56.2 cm³/mol.